The van der Waals surface area contributed by atoms with Crippen LogP contribution < -0.4 is 10.5 Å². The molecule has 5 nitrogen and oxygen atoms in total. The van der Waals surface area contributed by atoms with E-state index in [0.29, 0.717) is 0 Å². The minimum Gasteiger partial charge on any atom is -0.497 e. The minimum absolute atomic E-state index is 0.00443. The van der Waals surface area contributed by atoms with Crippen LogP contribution in [0.3, 0.4) is 0 Å². The Labute approximate surface area is 126 Å². The summed E-state index contributed by atoms with van der Waals surface area (Å²) in [6.07, 6.45) is 1.80. The van der Waals surface area contributed by atoms with Crippen LogP contribution in [0, 0.1) is 0 Å². The van der Waals surface area contributed by atoms with Gasteiger partial charge >= 0.3 is 0 Å². The first-order valence-electron chi connectivity index (χ1n) is 6.59. The molecule has 0 radical (unpaired) electrons. The van der Waals surface area contributed by atoms with E-state index in [1.807, 2.05) is 37.3 Å². The Hall–Kier alpha value is -2.05. The van der Waals surface area contributed by atoms with Crippen molar-refractivity contribution >= 4 is 22.8 Å². The Balaban J connectivity index is 1.84. The lowest BCUT2D eigenvalue weighted by molar-refractivity contribution is 0.415. The summed E-state index contributed by atoms with van der Waals surface area (Å²) in [6.45, 7) is 1.94. The number of fused-ring (bicyclic) bond motifs is 1. The van der Waals surface area contributed by atoms with Crippen molar-refractivity contribution in [2.24, 2.45) is 5.73 Å². The molecule has 0 saturated carbocycles. The summed E-state index contributed by atoms with van der Waals surface area (Å²) in [7, 11) is 1.65. The number of pyridine rings is 1. The molecule has 1 atom stereocenters. The van der Waals surface area contributed by atoms with Crippen molar-refractivity contribution in [3.8, 4) is 5.75 Å². The van der Waals surface area contributed by atoms with E-state index in [4.69, 9.17) is 10.5 Å². The van der Waals surface area contributed by atoms with Gasteiger partial charge in [0.05, 0.1) is 18.1 Å². The summed E-state index contributed by atoms with van der Waals surface area (Å²) in [4.78, 5) is 12.2. The number of nitrogens with one attached hydrogen (secondary N) is 1. The highest BCUT2D eigenvalue weighted by molar-refractivity contribution is 7.99. The first-order chi connectivity index (χ1) is 10.2. The fourth-order valence-electron chi connectivity index (χ4n) is 1.96. The van der Waals surface area contributed by atoms with Gasteiger partial charge in [-0.05, 0) is 42.4 Å². The molecule has 108 valence electrons. The summed E-state index contributed by atoms with van der Waals surface area (Å²) in [5.74, 6) is 0.808. The molecule has 2 aromatic heterocycles. The van der Waals surface area contributed by atoms with E-state index < -0.39 is 0 Å². The van der Waals surface area contributed by atoms with Crippen molar-refractivity contribution in [2.75, 3.05) is 7.11 Å². The second-order valence-electron chi connectivity index (χ2n) is 4.75. The largest absolute Gasteiger partial charge is 0.497 e. The summed E-state index contributed by atoms with van der Waals surface area (Å²) in [5.41, 5.74) is 8.70. The molecule has 0 bridgehead atoms. The van der Waals surface area contributed by atoms with Crippen LogP contribution in [0.4, 0.5) is 0 Å². The lowest BCUT2D eigenvalue weighted by Gasteiger charge is -2.04. The molecule has 0 aliphatic carbocycles. The Morgan fingerprint density at radius 2 is 2.14 bits per heavy atom. The van der Waals surface area contributed by atoms with Crippen LogP contribution in [-0.2, 0) is 0 Å². The Morgan fingerprint density at radius 1 is 1.29 bits per heavy atom. The molecule has 0 amide bonds. The second-order valence-corrected chi connectivity index (χ2v) is 5.75. The number of ether oxygens (including phenoxy) is 1. The van der Waals surface area contributed by atoms with Crippen LogP contribution in [-0.4, -0.2) is 22.1 Å². The van der Waals surface area contributed by atoms with E-state index in [9.17, 15) is 0 Å². The van der Waals surface area contributed by atoms with Crippen LogP contribution in [0.1, 0.15) is 18.5 Å². The van der Waals surface area contributed by atoms with Crippen molar-refractivity contribution in [3.05, 3.63) is 42.1 Å². The summed E-state index contributed by atoms with van der Waals surface area (Å²) < 4.78 is 5.21. The molecule has 2 heterocycles. The number of benzene rings is 1. The van der Waals surface area contributed by atoms with Crippen LogP contribution in [0.5, 0.6) is 5.75 Å². The maximum Gasteiger partial charge on any atom is 0.172 e. The smallest absolute Gasteiger partial charge is 0.172 e. The van der Waals surface area contributed by atoms with Crippen LogP contribution in [0.2, 0.25) is 0 Å². The molecule has 1 unspecified atom stereocenters. The molecular weight excluding hydrogens is 284 g/mol. The topological polar surface area (TPSA) is 76.8 Å². The van der Waals surface area contributed by atoms with Gasteiger partial charge in [-0.3, -0.25) is 0 Å². The van der Waals surface area contributed by atoms with Crippen molar-refractivity contribution in [1.82, 2.24) is 15.0 Å². The SMILES string of the molecule is COc1ccc2nc(Sc3ccc(C(C)N)cn3)[nH]c2c1. The average molecular weight is 300 g/mol. The van der Waals surface area contributed by atoms with Crippen molar-refractivity contribution in [2.45, 2.75) is 23.1 Å². The molecule has 21 heavy (non-hydrogen) atoms. The number of aromatic amines is 1. The quantitative estimate of drug-likeness (QED) is 0.774. The van der Waals surface area contributed by atoms with E-state index in [1.54, 1.807) is 13.3 Å². The molecule has 3 rings (SSSR count). The molecule has 0 spiro atoms. The number of hydrogen-bond donors (Lipinski definition) is 2. The standard InChI is InChI=1S/C15H16N4OS/c1-9(16)10-3-6-14(17-8-10)21-15-18-12-5-4-11(20-2)7-13(12)19-15/h3-9H,16H2,1-2H3,(H,18,19). The van der Waals surface area contributed by atoms with Crippen molar-refractivity contribution in [1.29, 1.82) is 0 Å². The maximum absolute atomic E-state index is 5.82. The number of nitrogens with two attached hydrogens (primary N) is 1. The van der Waals surface area contributed by atoms with Crippen LogP contribution >= 0.6 is 11.8 Å². The third-order valence-electron chi connectivity index (χ3n) is 3.15. The number of aromatic nitrogens is 3. The van der Waals surface area contributed by atoms with Gasteiger partial charge in [0.25, 0.3) is 0 Å². The third-order valence-corrected chi connectivity index (χ3v) is 3.99. The number of hydrogen-bond acceptors (Lipinski definition) is 5. The van der Waals surface area contributed by atoms with Crippen molar-refractivity contribution in [3.63, 3.8) is 0 Å². The monoisotopic (exact) mass is 300 g/mol. The van der Waals surface area contributed by atoms with Crippen LogP contribution in [0.25, 0.3) is 11.0 Å². The summed E-state index contributed by atoms with van der Waals surface area (Å²) in [5, 5.41) is 1.68. The zero-order chi connectivity index (χ0) is 14.8. The first kappa shape index (κ1) is 13.9. The number of methoxy groups -OCH3 is 1. The molecule has 3 N–H and O–H groups in total. The Bertz CT molecular complexity index is 752. The highest BCUT2D eigenvalue weighted by Gasteiger charge is 2.07. The van der Waals surface area contributed by atoms with Gasteiger partial charge in [-0.1, -0.05) is 6.07 Å². The van der Waals surface area contributed by atoms with Gasteiger partial charge in [0.2, 0.25) is 0 Å². The van der Waals surface area contributed by atoms with E-state index in [0.717, 1.165) is 32.5 Å². The molecular formula is C15H16N4OS. The molecule has 1 aromatic carbocycles. The molecule has 0 saturated heterocycles. The third kappa shape index (κ3) is 3.01. The number of rotatable bonds is 4. The lowest BCUT2D eigenvalue weighted by atomic mass is 10.2. The van der Waals surface area contributed by atoms with E-state index in [1.165, 1.54) is 11.8 Å². The van der Waals surface area contributed by atoms with Gasteiger partial charge in [-0.25, -0.2) is 9.97 Å². The molecule has 0 aliphatic rings. The molecule has 6 heteroatoms. The molecule has 0 fully saturated rings. The van der Waals surface area contributed by atoms with E-state index >= 15 is 0 Å². The zero-order valence-electron chi connectivity index (χ0n) is 11.8. The summed E-state index contributed by atoms with van der Waals surface area (Å²) >= 11 is 1.49. The zero-order valence-corrected chi connectivity index (χ0v) is 12.6. The van der Waals surface area contributed by atoms with Gasteiger partial charge in [0.15, 0.2) is 5.16 Å². The van der Waals surface area contributed by atoms with Gasteiger partial charge in [-0.2, -0.15) is 0 Å². The average Bonchev–Trinajstić information content (AvgIpc) is 2.88. The van der Waals surface area contributed by atoms with Gasteiger partial charge in [0, 0.05) is 18.3 Å². The highest BCUT2D eigenvalue weighted by Crippen LogP contribution is 2.27. The van der Waals surface area contributed by atoms with Gasteiger partial charge in [0.1, 0.15) is 10.8 Å². The fourth-order valence-corrected chi connectivity index (χ4v) is 2.71. The number of H-pyrrole nitrogens is 1. The van der Waals surface area contributed by atoms with Gasteiger partial charge < -0.3 is 15.5 Å². The number of imidazole rings is 1. The van der Waals surface area contributed by atoms with E-state index in [2.05, 4.69) is 15.0 Å². The summed E-state index contributed by atoms with van der Waals surface area (Å²) in [6, 6.07) is 9.70. The Morgan fingerprint density at radius 3 is 2.81 bits per heavy atom. The molecule has 3 aromatic rings. The van der Waals surface area contributed by atoms with Gasteiger partial charge in [-0.15, -0.1) is 0 Å². The lowest BCUT2D eigenvalue weighted by Crippen LogP contribution is -2.04. The second kappa shape index (κ2) is 5.75. The predicted octanol–water partition coefficient (Wildman–Crippen LogP) is 3.14. The van der Waals surface area contributed by atoms with Crippen molar-refractivity contribution < 1.29 is 4.74 Å². The number of nitrogens with zero attached hydrogens (tertiary/aromatic N) is 2. The normalized spacial score (nSPS) is 12.5. The highest BCUT2D eigenvalue weighted by atomic mass is 32.2. The molecule has 0 aliphatic heterocycles. The minimum atomic E-state index is -0.00443. The maximum atomic E-state index is 5.82. The fraction of sp³-hybridized carbons (Fsp3) is 0.200. The van der Waals surface area contributed by atoms with E-state index in [-0.39, 0.29) is 6.04 Å². The predicted molar refractivity (Wildman–Crippen MR) is 83.6 cm³/mol. The van der Waals surface area contributed by atoms with Crippen LogP contribution in [0.15, 0.2) is 46.7 Å². The first-order valence-corrected chi connectivity index (χ1v) is 7.40. The Kier molecular flexibility index (Phi) is 3.81.